The summed E-state index contributed by atoms with van der Waals surface area (Å²) in [6.45, 7) is 0. The number of nitrogens with zero attached hydrogens (tertiary/aromatic N) is 2. The summed E-state index contributed by atoms with van der Waals surface area (Å²) in [6, 6.07) is 12.9. The van der Waals surface area contributed by atoms with Gasteiger partial charge in [-0.05, 0) is 61.1 Å². The van der Waals surface area contributed by atoms with Crippen molar-refractivity contribution in [3.63, 3.8) is 0 Å². The second-order valence-electron chi connectivity index (χ2n) is 7.32. The number of fused-ring (bicyclic) bond motifs is 2. The fraction of sp³-hybridized carbons (Fsp3) is 0.300. The van der Waals surface area contributed by atoms with Gasteiger partial charge in [-0.1, -0.05) is 12.1 Å². The third-order valence-electron chi connectivity index (χ3n) is 5.49. The standard InChI is InChI=1S/C20H22N6/c21-14-5-1-11(2-6-14)19-23-15-7-3-12(9-17(15)24-19)13-4-8-16-18(10-13)26-20(22)25-16/h3-4,7-11,14H,1-2,5-6,21H2,(H,23,24)(H3,22,25,26). The van der Waals surface area contributed by atoms with Crippen LogP contribution in [0.5, 0.6) is 0 Å². The SMILES string of the molecule is Nc1nc2ccc(-c3ccc4nc(C5CCC(N)CC5)[nH]c4c3)cc2[nH]1. The molecule has 0 unspecified atom stereocenters. The molecule has 0 amide bonds. The van der Waals surface area contributed by atoms with Crippen molar-refractivity contribution in [2.45, 2.75) is 37.6 Å². The average molecular weight is 346 g/mol. The largest absolute Gasteiger partial charge is 0.369 e. The topological polar surface area (TPSA) is 109 Å². The molecule has 2 aromatic heterocycles. The van der Waals surface area contributed by atoms with Crippen LogP contribution in [0.4, 0.5) is 5.95 Å². The maximum Gasteiger partial charge on any atom is 0.198 e. The molecule has 0 bridgehead atoms. The number of imidazole rings is 2. The Bertz CT molecular complexity index is 1080. The van der Waals surface area contributed by atoms with Gasteiger partial charge in [-0.2, -0.15) is 0 Å². The number of nitrogen functional groups attached to an aromatic ring is 1. The predicted octanol–water partition coefficient (Wildman–Crippen LogP) is 3.67. The highest BCUT2D eigenvalue weighted by Crippen LogP contribution is 2.33. The van der Waals surface area contributed by atoms with E-state index in [1.54, 1.807) is 0 Å². The lowest BCUT2D eigenvalue weighted by molar-refractivity contribution is 0.386. The molecular formula is C20H22N6. The highest BCUT2D eigenvalue weighted by molar-refractivity contribution is 5.87. The number of benzene rings is 2. The molecule has 1 fully saturated rings. The van der Waals surface area contributed by atoms with Crippen molar-refractivity contribution < 1.29 is 0 Å². The summed E-state index contributed by atoms with van der Waals surface area (Å²) in [5.74, 6) is 2.04. The minimum atomic E-state index is 0.355. The van der Waals surface area contributed by atoms with Gasteiger partial charge in [0.2, 0.25) is 0 Å². The van der Waals surface area contributed by atoms with Crippen LogP contribution in [0.3, 0.4) is 0 Å². The van der Waals surface area contributed by atoms with Gasteiger partial charge in [0.05, 0.1) is 22.1 Å². The number of nitrogens with two attached hydrogens (primary N) is 2. The Morgan fingerprint density at radius 3 is 2.12 bits per heavy atom. The van der Waals surface area contributed by atoms with Crippen LogP contribution >= 0.6 is 0 Å². The van der Waals surface area contributed by atoms with Crippen LogP contribution in [-0.4, -0.2) is 26.0 Å². The Morgan fingerprint density at radius 2 is 1.42 bits per heavy atom. The summed E-state index contributed by atoms with van der Waals surface area (Å²) >= 11 is 0. The summed E-state index contributed by atoms with van der Waals surface area (Å²) in [4.78, 5) is 15.7. The lowest BCUT2D eigenvalue weighted by Gasteiger charge is -2.24. The molecule has 0 spiro atoms. The first-order valence-electron chi connectivity index (χ1n) is 9.16. The molecule has 2 heterocycles. The first kappa shape index (κ1) is 15.4. The second kappa shape index (κ2) is 5.85. The summed E-state index contributed by atoms with van der Waals surface area (Å²) in [5, 5.41) is 0. The van der Waals surface area contributed by atoms with Crippen molar-refractivity contribution in [2.75, 3.05) is 5.73 Å². The minimum absolute atomic E-state index is 0.355. The number of nitrogens with one attached hydrogen (secondary N) is 2. The maximum absolute atomic E-state index is 6.03. The average Bonchev–Trinajstić information content (AvgIpc) is 3.23. The molecule has 0 aliphatic heterocycles. The number of H-pyrrole nitrogens is 2. The van der Waals surface area contributed by atoms with E-state index in [4.69, 9.17) is 16.5 Å². The minimum Gasteiger partial charge on any atom is -0.369 e. The van der Waals surface area contributed by atoms with Crippen LogP contribution in [0.2, 0.25) is 0 Å². The summed E-state index contributed by atoms with van der Waals surface area (Å²) < 4.78 is 0. The van der Waals surface area contributed by atoms with Gasteiger partial charge in [0.1, 0.15) is 5.82 Å². The summed E-state index contributed by atoms with van der Waals surface area (Å²) in [6.07, 6.45) is 4.40. The van der Waals surface area contributed by atoms with Gasteiger partial charge in [0.15, 0.2) is 5.95 Å². The van der Waals surface area contributed by atoms with Crippen LogP contribution in [-0.2, 0) is 0 Å². The molecule has 132 valence electrons. The van der Waals surface area contributed by atoms with Gasteiger partial charge in [-0.15, -0.1) is 0 Å². The third-order valence-corrected chi connectivity index (χ3v) is 5.49. The molecule has 0 saturated heterocycles. The number of hydrogen-bond donors (Lipinski definition) is 4. The Balaban J connectivity index is 1.50. The van der Waals surface area contributed by atoms with E-state index in [1.165, 1.54) is 0 Å². The summed E-state index contributed by atoms with van der Waals surface area (Å²) in [7, 11) is 0. The molecule has 1 saturated carbocycles. The number of rotatable bonds is 2. The van der Waals surface area contributed by atoms with E-state index < -0.39 is 0 Å². The molecule has 5 rings (SSSR count). The number of hydrogen-bond acceptors (Lipinski definition) is 4. The molecule has 1 aliphatic carbocycles. The van der Waals surface area contributed by atoms with Crippen molar-refractivity contribution in [1.82, 2.24) is 19.9 Å². The molecule has 2 aromatic carbocycles. The number of aromatic amines is 2. The van der Waals surface area contributed by atoms with Gasteiger partial charge in [0, 0.05) is 12.0 Å². The molecule has 6 nitrogen and oxygen atoms in total. The Labute approximate surface area is 151 Å². The smallest absolute Gasteiger partial charge is 0.198 e. The molecule has 0 atom stereocenters. The van der Waals surface area contributed by atoms with E-state index in [9.17, 15) is 0 Å². The molecule has 6 N–H and O–H groups in total. The van der Waals surface area contributed by atoms with Gasteiger partial charge >= 0.3 is 0 Å². The van der Waals surface area contributed by atoms with E-state index >= 15 is 0 Å². The van der Waals surface area contributed by atoms with E-state index in [1.807, 2.05) is 6.07 Å². The van der Waals surface area contributed by atoms with Gasteiger partial charge in [0.25, 0.3) is 0 Å². The maximum atomic E-state index is 6.03. The first-order chi connectivity index (χ1) is 12.7. The van der Waals surface area contributed by atoms with Crippen LogP contribution in [0.15, 0.2) is 36.4 Å². The number of anilines is 1. The van der Waals surface area contributed by atoms with Crippen molar-refractivity contribution >= 4 is 28.0 Å². The highest BCUT2D eigenvalue weighted by atomic mass is 15.0. The third kappa shape index (κ3) is 2.63. The fourth-order valence-corrected chi connectivity index (χ4v) is 4.00. The Morgan fingerprint density at radius 1 is 0.808 bits per heavy atom. The fourth-order valence-electron chi connectivity index (χ4n) is 4.00. The van der Waals surface area contributed by atoms with Crippen LogP contribution in [0, 0.1) is 0 Å². The molecule has 26 heavy (non-hydrogen) atoms. The zero-order valence-corrected chi connectivity index (χ0v) is 14.5. The molecule has 6 heteroatoms. The van der Waals surface area contributed by atoms with Crippen LogP contribution < -0.4 is 11.5 Å². The lowest BCUT2D eigenvalue weighted by atomic mass is 9.86. The van der Waals surface area contributed by atoms with E-state index in [0.717, 1.165) is 64.7 Å². The van der Waals surface area contributed by atoms with Crippen molar-refractivity contribution in [1.29, 1.82) is 0 Å². The van der Waals surface area contributed by atoms with Crippen LogP contribution in [0.1, 0.15) is 37.4 Å². The Hall–Kier alpha value is -2.86. The van der Waals surface area contributed by atoms with Gasteiger partial charge in [-0.25, -0.2) is 9.97 Å². The van der Waals surface area contributed by atoms with Crippen molar-refractivity contribution in [2.24, 2.45) is 5.73 Å². The Kier molecular flexibility index (Phi) is 3.46. The molecule has 4 aromatic rings. The van der Waals surface area contributed by atoms with Gasteiger partial charge < -0.3 is 21.4 Å². The number of aromatic nitrogens is 4. The molecular weight excluding hydrogens is 324 g/mol. The molecule has 1 aliphatic rings. The monoisotopic (exact) mass is 346 g/mol. The van der Waals surface area contributed by atoms with Gasteiger partial charge in [-0.3, -0.25) is 0 Å². The zero-order chi connectivity index (χ0) is 17.7. The highest BCUT2D eigenvalue weighted by Gasteiger charge is 2.22. The van der Waals surface area contributed by atoms with E-state index in [-0.39, 0.29) is 0 Å². The van der Waals surface area contributed by atoms with Crippen molar-refractivity contribution in [3.05, 3.63) is 42.2 Å². The summed E-state index contributed by atoms with van der Waals surface area (Å²) in [5.41, 5.74) is 18.0. The van der Waals surface area contributed by atoms with Crippen molar-refractivity contribution in [3.8, 4) is 11.1 Å². The van der Waals surface area contributed by atoms with E-state index in [0.29, 0.717) is 17.9 Å². The quantitative estimate of drug-likeness (QED) is 0.444. The first-order valence-corrected chi connectivity index (χ1v) is 9.16. The lowest BCUT2D eigenvalue weighted by Crippen LogP contribution is -2.26. The zero-order valence-electron chi connectivity index (χ0n) is 14.5. The van der Waals surface area contributed by atoms with Crippen LogP contribution in [0.25, 0.3) is 33.2 Å². The predicted molar refractivity (Wildman–Crippen MR) is 105 cm³/mol. The molecule has 0 radical (unpaired) electrons. The second-order valence-corrected chi connectivity index (χ2v) is 7.32. The normalized spacial score (nSPS) is 20.8. The van der Waals surface area contributed by atoms with E-state index in [2.05, 4.69) is 45.3 Å².